The van der Waals surface area contributed by atoms with Crippen LogP contribution in [0.15, 0.2) is 35.1 Å². The average molecular weight is 354 g/mol. The van der Waals surface area contributed by atoms with Crippen molar-refractivity contribution in [2.45, 2.75) is 19.4 Å². The lowest BCUT2D eigenvalue weighted by Crippen LogP contribution is -2.24. The van der Waals surface area contributed by atoms with Crippen molar-refractivity contribution in [2.75, 3.05) is 13.7 Å². The number of nitrogens with zero attached hydrogens (tertiary/aromatic N) is 2. The Morgan fingerprint density at radius 1 is 1.33 bits per heavy atom. The Hall–Kier alpha value is -1.53. The van der Waals surface area contributed by atoms with Crippen LogP contribution in [0, 0.1) is 5.82 Å². The summed E-state index contributed by atoms with van der Waals surface area (Å²) in [5.41, 5.74) is 1.41. The molecule has 0 fully saturated rings. The summed E-state index contributed by atoms with van der Waals surface area (Å²) in [5.74, 6) is 0.273. The first kappa shape index (κ1) is 15.9. The third-order valence-corrected chi connectivity index (χ3v) is 3.60. The van der Waals surface area contributed by atoms with Crippen molar-refractivity contribution in [1.82, 2.24) is 15.3 Å². The molecule has 1 heterocycles. The zero-order valence-electron chi connectivity index (χ0n) is 11.9. The quantitative estimate of drug-likeness (QED) is 0.865. The summed E-state index contributed by atoms with van der Waals surface area (Å²) < 4.78 is 20.0. The topological polar surface area (TPSA) is 47.0 Å². The van der Waals surface area contributed by atoms with E-state index in [-0.39, 0.29) is 11.9 Å². The van der Waals surface area contributed by atoms with Crippen LogP contribution in [0.1, 0.15) is 24.2 Å². The molecule has 0 bridgehead atoms. The van der Waals surface area contributed by atoms with Gasteiger partial charge in [-0.15, -0.1) is 0 Å². The molecule has 0 spiro atoms. The smallest absolute Gasteiger partial charge is 0.216 e. The molecule has 1 atom stereocenters. The van der Waals surface area contributed by atoms with Gasteiger partial charge >= 0.3 is 0 Å². The van der Waals surface area contributed by atoms with E-state index in [0.29, 0.717) is 17.9 Å². The van der Waals surface area contributed by atoms with Crippen LogP contribution in [0.25, 0.3) is 0 Å². The number of likely N-dealkylation sites (N-methyl/N-ethyl adjacent to an activating group) is 1. The molecule has 0 aliphatic carbocycles. The molecule has 21 heavy (non-hydrogen) atoms. The molecule has 0 saturated carbocycles. The van der Waals surface area contributed by atoms with Gasteiger partial charge in [0.2, 0.25) is 5.88 Å². The molecule has 0 aliphatic rings. The molecule has 1 aromatic heterocycles. The highest BCUT2D eigenvalue weighted by Gasteiger charge is 2.17. The van der Waals surface area contributed by atoms with E-state index in [4.69, 9.17) is 4.74 Å². The van der Waals surface area contributed by atoms with E-state index in [2.05, 4.69) is 31.2 Å². The second kappa shape index (κ2) is 7.47. The summed E-state index contributed by atoms with van der Waals surface area (Å²) in [6.45, 7) is 2.72. The highest BCUT2D eigenvalue weighted by molar-refractivity contribution is 9.10. The predicted octanol–water partition coefficient (Wildman–Crippen LogP) is 3.28. The lowest BCUT2D eigenvalue weighted by molar-refractivity contribution is 0.395. The Bertz CT molecular complexity index is 609. The number of hydrogen-bond acceptors (Lipinski definition) is 4. The molecule has 1 N–H and O–H groups in total. The van der Waals surface area contributed by atoms with Crippen LogP contribution in [0.5, 0.6) is 5.88 Å². The van der Waals surface area contributed by atoms with E-state index in [1.165, 1.54) is 12.4 Å². The van der Waals surface area contributed by atoms with Crippen LogP contribution >= 0.6 is 15.9 Å². The molecule has 6 heteroatoms. The molecular weight excluding hydrogens is 337 g/mol. The molecular formula is C15H17BrFN3O. The molecule has 0 radical (unpaired) electrons. The van der Waals surface area contributed by atoms with Gasteiger partial charge in [0.15, 0.2) is 0 Å². The van der Waals surface area contributed by atoms with Gasteiger partial charge in [-0.3, -0.25) is 0 Å². The number of aromatic nitrogens is 2. The Morgan fingerprint density at radius 2 is 2.14 bits per heavy atom. The fourth-order valence-electron chi connectivity index (χ4n) is 2.13. The molecule has 0 aliphatic heterocycles. The third-order valence-electron chi connectivity index (χ3n) is 3.11. The van der Waals surface area contributed by atoms with Gasteiger partial charge in [-0.25, -0.2) is 14.4 Å². The van der Waals surface area contributed by atoms with Gasteiger partial charge in [-0.05, 0) is 24.7 Å². The van der Waals surface area contributed by atoms with Crippen molar-refractivity contribution < 1.29 is 9.13 Å². The minimum atomic E-state index is -0.231. The lowest BCUT2D eigenvalue weighted by atomic mass is 10.0. The van der Waals surface area contributed by atoms with Crippen molar-refractivity contribution >= 4 is 15.9 Å². The molecule has 2 rings (SSSR count). The maximum absolute atomic E-state index is 14.1. The fourth-order valence-corrected chi connectivity index (χ4v) is 2.51. The predicted molar refractivity (Wildman–Crippen MR) is 82.8 cm³/mol. The van der Waals surface area contributed by atoms with Gasteiger partial charge < -0.3 is 10.1 Å². The number of methoxy groups -OCH3 is 1. The van der Waals surface area contributed by atoms with Gasteiger partial charge in [-0.2, -0.15) is 0 Å². The number of halogens is 2. The van der Waals surface area contributed by atoms with E-state index in [1.807, 2.05) is 6.92 Å². The van der Waals surface area contributed by atoms with Crippen LogP contribution in [0.3, 0.4) is 0 Å². The monoisotopic (exact) mass is 353 g/mol. The Morgan fingerprint density at radius 3 is 2.86 bits per heavy atom. The Kier molecular flexibility index (Phi) is 5.64. The van der Waals surface area contributed by atoms with E-state index in [9.17, 15) is 4.39 Å². The van der Waals surface area contributed by atoms with Crippen molar-refractivity contribution in [3.8, 4) is 5.88 Å². The second-order valence-electron chi connectivity index (χ2n) is 4.53. The molecule has 4 nitrogen and oxygen atoms in total. The summed E-state index contributed by atoms with van der Waals surface area (Å²) in [4.78, 5) is 8.20. The van der Waals surface area contributed by atoms with Crippen LogP contribution in [0.2, 0.25) is 0 Å². The van der Waals surface area contributed by atoms with Gasteiger partial charge in [-0.1, -0.05) is 22.9 Å². The first-order valence-corrected chi connectivity index (χ1v) is 7.46. The van der Waals surface area contributed by atoms with Crippen molar-refractivity contribution in [3.63, 3.8) is 0 Å². The van der Waals surface area contributed by atoms with Crippen molar-refractivity contribution in [1.29, 1.82) is 0 Å². The number of rotatable bonds is 6. The van der Waals surface area contributed by atoms with Crippen molar-refractivity contribution in [3.05, 3.63) is 52.1 Å². The Labute approximate surface area is 131 Å². The molecule has 0 saturated heterocycles. The first-order valence-electron chi connectivity index (χ1n) is 6.67. The summed E-state index contributed by atoms with van der Waals surface area (Å²) in [7, 11) is 1.56. The summed E-state index contributed by atoms with van der Waals surface area (Å²) >= 11 is 3.38. The second-order valence-corrected chi connectivity index (χ2v) is 5.45. The maximum atomic E-state index is 14.1. The molecule has 1 aromatic carbocycles. The van der Waals surface area contributed by atoms with Crippen LogP contribution < -0.4 is 10.1 Å². The van der Waals surface area contributed by atoms with E-state index < -0.39 is 0 Å². The average Bonchev–Trinajstić information content (AvgIpc) is 2.49. The maximum Gasteiger partial charge on any atom is 0.216 e. The van der Waals surface area contributed by atoms with Crippen LogP contribution in [-0.2, 0) is 6.42 Å². The highest BCUT2D eigenvalue weighted by atomic mass is 79.9. The zero-order chi connectivity index (χ0) is 15.2. The van der Waals surface area contributed by atoms with E-state index >= 15 is 0 Å². The van der Waals surface area contributed by atoms with E-state index in [0.717, 1.165) is 16.7 Å². The largest absolute Gasteiger partial charge is 0.481 e. The molecule has 112 valence electrons. The fraction of sp³-hybridized carbons (Fsp3) is 0.333. The van der Waals surface area contributed by atoms with Gasteiger partial charge in [0.05, 0.1) is 7.11 Å². The third kappa shape index (κ3) is 4.22. The molecule has 1 unspecified atom stereocenters. The number of ether oxygens (including phenoxy) is 1. The van der Waals surface area contributed by atoms with Crippen LogP contribution in [-0.4, -0.2) is 23.6 Å². The minimum absolute atomic E-state index is 0.160. The highest BCUT2D eigenvalue weighted by Crippen LogP contribution is 2.24. The van der Waals surface area contributed by atoms with Gasteiger partial charge in [0.25, 0.3) is 0 Å². The number of hydrogen-bond donors (Lipinski definition) is 1. The Balaban J connectivity index is 2.28. The summed E-state index contributed by atoms with van der Waals surface area (Å²) in [6, 6.07) is 6.55. The normalized spacial score (nSPS) is 12.2. The number of benzene rings is 1. The lowest BCUT2D eigenvalue weighted by Gasteiger charge is -2.19. The molecule has 2 aromatic rings. The molecule has 0 amide bonds. The number of nitrogens with one attached hydrogen (secondary N) is 1. The van der Waals surface area contributed by atoms with Gasteiger partial charge in [0, 0.05) is 34.3 Å². The van der Waals surface area contributed by atoms with Crippen LogP contribution in [0.4, 0.5) is 4.39 Å². The van der Waals surface area contributed by atoms with Gasteiger partial charge in [0.1, 0.15) is 12.1 Å². The summed E-state index contributed by atoms with van der Waals surface area (Å²) in [6.07, 6.45) is 2.01. The first-order chi connectivity index (χ1) is 10.1. The summed E-state index contributed by atoms with van der Waals surface area (Å²) in [5, 5.41) is 3.29. The SMILES string of the molecule is CCNC(Cc1cc(OC)ncn1)c1cc(Br)ccc1F. The van der Waals surface area contributed by atoms with Crippen molar-refractivity contribution in [2.24, 2.45) is 0 Å². The zero-order valence-corrected chi connectivity index (χ0v) is 13.5. The standard InChI is InChI=1S/C15H17BrFN3O/c1-3-18-14(12-6-10(16)4-5-13(12)17)7-11-8-15(21-2)20-9-19-11/h4-6,8-9,14,18H,3,7H2,1-2H3. The van der Waals surface area contributed by atoms with E-state index in [1.54, 1.807) is 25.3 Å². The minimum Gasteiger partial charge on any atom is -0.481 e.